The van der Waals surface area contributed by atoms with Crippen LogP contribution in [0.3, 0.4) is 0 Å². The number of anilines is 1. The lowest BCUT2D eigenvalue weighted by molar-refractivity contribution is -0.114. The van der Waals surface area contributed by atoms with Gasteiger partial charge in [-0.05, 0) is 84.5 Å². The highest BCUT2D eigenvalue weighted by atomic mass is 19.1. The van der Waals surface area contributed by atoms with Crippen molar-refractivity contribution >= 4 is 11.6 Å². The van der Waals surface area contributed by atoms with Crippen molar-refractivity contribution in [1.29, 1.82) is 0 Å². The number of rotatable bonds is 8. The highest BCUT2D eigenvalue weighted by Crippen LogP contribution is 2.39. The molecule has 2 heterocycles. The van der Waals surface area contributed by atoms with E-state index in [-0.39, 0.29) is 11.7 Å². The number of hydrogen-bond acceptors (Lipinski definition) is 2. The molecule has 1 N–H and O–H groups in total. The maximum atomic E-state index is 13.8. The van der Waals surface area contributed by atoms with Crippen LogP contribution in [0.2, 0.25) is 0 Å². The molecule has 0 atom stereocenters. The molecule has 5 heteroatoms. The minimum absolute atomic E-state index is 0.103. The molecule has 4 nitrogen and oxygen atoms in total. The van der Waals surface area contributed by atoms with E-state index in [1.165, 1.54) is 30.3 Å². The standard InChI is InChI=1S/C32H28FN3O/c1-23(37)35-28-14-16-29(17-15-28)36-22-30(25-10-12-27(33)13-11-25)32(26-18-20-34-21-19-26)31(36)9-5-8-24-6-3-2-4-7-24/h2-4,6-7,10-22H,5,8-9H2,1H3,(H,35,37). The second kappa shape index (κ2) is 11.0. The molecule has 184 valence electrons. The highest BCUT2D eigenvalue weighted by molar-refractivity contribution is 5.89. The van der Waals surface area contributed by atoms with Crippen LogP contribution in [0.5, 0.6) is 0 Å². The summed E-state index contributed by atoms with van der Waals surface area (Å²) in [5, 5.41) is 2.83. The minimum atomic E-state index is -0.259. The predicted molar refractivity (Wildman–Crippen MR) is 147 cm³/mol. The van der Waals surface area contributed by atoms with Crippen LogP contribution in [-0.2, 0) is 17.6 Å². The first-order valence-electron chi connectivity index (χ1n) is 12.4. The van der Waals surface area contributed by atoms with Gasteiger partial charge in [0.15, 0.2) is 0 Å². The van der Waals surface area contributed by atoms with E-state index >= 15 is 0 Å². The number of carbonyl (C=O) groups excluding carboxylic acids is 1. The Balaban J connectivity index is 1.62. The second-order valence-corrected chi connectivity index (χ2v) is 9.04. The summed E-state index contributed by atoms with van der Waals surface area (Å²) in [7, 11) is 0. The quantitative estimate of drug-likeness (QED) is 0.246. The Hall–Kier alpha value is -4.51. The number of amides is 1. The molecule has 0 radical (unpaired) electrons. The van der Waals surface area contributed by atoms with Crippen LogP contribution in [0.1, 0.15) is 24.6 Å². The average Bonchev–Trinajstić information content (AvgIpc) is 3.29. The maximum Gasteiger partial charge on any atom is 0.221 e. The van der Waals surface area contributed by atoms with Gasteiger partial charge in [0, 0.05) is 53.7 Å². The van der Waals surface area contributed by atoms with Gasteiger partial charge in [-0.3, -0.25) is 9.78 Å². The van der Waals surface area contributed by atoms with Crippen LogP contribution in [0, 0.1) is 5.82 Å². The SMILES string of the molecule is CC(=O)Nc1ccc(-n2cc(-c3ccc(F)cc3)c(-c3ccncc3)c2CCCc2ccccc2)cc1. The third-order valence-corrected chi connectivity index (χ3v) is 6.42. The Morgan fingerprint density at radius 1 is 0.838 bits per heavy atom. The lowest BCUT2D eigenvalue weighted by atomic mass is 9.95. The molecule has 0 saturated heterocycles. The van der Waals surface area contributed by atoms with Gasteiger partial charge >= 0.3 is 0 Å². The lowest BCUT2D eigenvalue weighted by Crippen LogP contribution is -2.06. The summed E-state index contributed by atoms with van der Waals surface area (Å²) in [6.07, 6.45) is 8.53. The van der Waals surface area contributed by atoms with Crippen molar-refractivity contribution in [2.24, 2.45) is 0 Å². The maximum absolute atomic E-state index is 13.8. The van der Waals surface area contributed by atoms with E-state index in [0.29, 0.717) is 0 Å². The highest BCUT2D eigenvalue weighted by Gasteiger charge is 2.20. The largest absolute Gasteiger partial charge is 0.326 e. The van der Waals surface area contributed by atoms with Gasteiger partial charge in [0.05, 0.1) is 0 Å². The molecule has 0 saturated carbocycles. The van der Waals surface area contributed by atoms with Gasteiger partial charge in [0.1, 0.15) is 5.82 Å². The zero-order valence-electron chi connectivity index (χ0n) is 20.7. The Labute approximate surface area is 216 Å². The number of pyridine rings is 1. The Morgan fingerprint density at radius 3 is 2.22 bits per heavy atom. The van der Waals surface area contributed by atoms with E-state index in [1.54, 1.807) is 12.4 Å². The average molecular weight is 490 g/mol. The number of nitrogens with one attached hydrogen (secondary N) is 1. The Kier molecular flexibility index (Phi) is 7.22. The first-order valence-corrected chi connectivity index (χ1v) is 12.4. The molecule has 0 fully saturated rings. The molecule has 0 unspecified atom stereocenters. The topological polar surface area (TPSA) is 46.9 Å². The van der Waals surface area contributed by atoms with Gasteiger partial charge in [0.2, 0.25) is 5.91 Å². The number of aromatic nitrogens is 2. The third kappa shape index (κ3) is 5.67. The summed E-state index contributed by atoms with van der Waals surface area (Å²) in [6.45, 7) is 1.50. The van der Waals surface area contributed by atoms with Gasteiger partial charge in [-0.15, -0.1) is 0 Å². The fraction of sp³-hybridized carbons (Fsp3) is 0.125. The van der Waals surface area contributed by atoms with E-state index in [0.717, 1.165) is 52.9 Å². The minimum Gasteiger partial charge on any atom is -0.326 e. The molecule has 2 aromatic heterocycles. The smallest absolute Gasteiger partial charge is 0.221 e. The molecule has 5 aromatic rings. The number of benzene rings is 3. The van der Waals surface area contributed by atoms with E-state index in [9.17, 15) is 9.18 Å². The fourth-order valence-corrected chi connectivity index (χ4v) is 4.73. The Morgan fingerprint density at radius 2 is 1.54 bits per heavy atom. The predicted octanol–water partition coefficient (Wildman–Crippen LogP) is 7.48. The number of aryl methyl sites for hydroxylation is 1. The van der Waals surface area contributed by atoms with E-state index in [2.05, 4.69) is 45.3 Å². The monoisotopic (exact) mass is 489 g/mol. The molecular formula is C32H28FN3O. The fourth-order valence-electron chi connectivity index (χ4n) is 4.73. The van der Waals surface area contributed by atoms with E-state index < -0.39 is 0 Å². The molecule has 0 aliphatic heterocycles. The zero-order valence-corrected chi connectivity index (χ0v) is 20.7. The van der Waals surface area contributed by atoms with Crippen molar-refractivity contribution in [3.05, 3.63) is 127 Å². The van der Waals surface area contributed by atoms with Crippen molar-refractivity contribution in [1.82, 2.24) is 9.55 Å². The second-order valence-electron chi connectivity index (χ2n) is 9.04. The molecule has 37 heavy (non-hydrogen) atoms. The molecule has 3 aromatic carbocycles. The van der Waals surface area contributed by atoms with Gasteiger partial charge in [-0.25, -0.2) is 4.39 Å². The summed E-state index contributed by atoms with van der Waals surface area (Å²) in [5.41, 5.74) is 8.40. The van der Waals surface area contributed by atoms with Crippen LogP contribution >= 0.6 is 0 Å². The molecule has 5 rings (SSSR count). The van der Waals surface area contributed by atoms with Crippen molar-refractivity contribution in [3.63, 3.8) is 0 Å². The number of carbonyl (C=O) groups is 1. The Bertz CT molecular complexity index is 1480. The van der Waals surface area contributed by atoms with Gasteiger partial charge in [0.25, 0.3) is 0 Å². The van der Waals surface area contributed by atoms with Crippen LogP contribution < -0.4 is 5.32 Å². The molecular weight excluding hydrogens is 461 g/mol. The van der Waals surface area contributed by atoms with Crippen molar-refractivity contribution in [2.45, 2.75) is 26.2 Å². The van der Waals surface area contributed by atoms with E-state index in [1.807, 2.05) is 54.6 Å². The summed E-state index contributed by atoms with van der Waals surface area (Å²) >= 11 is 0. The van der Waals surface area contributed by atoms with Crippen LogP contribution in [0.4, 0.5) is 10.1 Å². The first kappa shape index (κ1) is 24.2. The van der Waals surface area contributed by atoms with Gasteiger partial charge < -0.3 is 9.88 Å². The van der Waals surface area contributed by atoms with E-state index in [4.69, 9.17) is 0 Å². The third-order valence-electron chi connectivity index (χ3n) is 6.42. The van der Waals surface area contributed by atoms with Crippen molar-refractivity contribution in [3.8, 4) is 27.9 Å². The summed E-state index contributed by atoms with van der Waals surface area (Å²) in [4.78, 5) is 15.7. The number of hydrogen-bond donors (Lipinski definition) is 1. The molecule has 0 aliphatic rings. The lowest BCUT2D eigenvalue weighted by Gasteiger charge is -2.13. The normalized spacial score (nSPS) is 10.9. The molecule has 0 bridgehead atoms. The molecule has 0 spiro atoms. The summed E-state index contributed by atoms with van der Waals surface area (Å²) in [5.74, 6) is -0.362. The van der Waals surface area contributed by atoms with Gasteiger partial charge in [-0.2, -0.15) is 0 Å². The van der Waals surface area contributed by atoms with Crippen LogP contribution in [0.15, 0.2) is 110 Å². The van der Waals surface area contributed by atoms with Gasteiger partial charge in [-0.1, -0.05) is 42.5 Å². The molecule has 0 aliphatic carbocycles. The van der Waals surface area contributed by atoms with Crippen molar-refractivity contribution in [2.75, 3.05) is 5.32 Å². The number of nitrogens with zero attached hydrogens (tertiary/aromatic N) is 2. The van der Waals surface area contributed by atoms with Crippen LogP contribution in [-0.4, -0.2) is 15.5 Å². The van der Waals surface area contributed by atoms with Crippen LogP contribution in [0.25, 0.3) is 27.9 Å². The number of halogens is 1. The summed E-state index contributed by atoms with van der Waals surface area (Å²) < 4.78 is 16.0. The zero-order chi connectivity index (χ0) is 25.6. The van der Waals surface area contributed by atoms with Crippen molar-refractivity contribution < 1.29 is 9.18 Å². The first-order chi connectivity index (χ1) is 18.1. The molecule has 1 amide bonds. The summed E-state index contributed by atoms with van der Waals surface area (Å²) in [6, 6.07) is 29.0.